The molecule has 0 aliphatic carbocycles. The zero-order valence-corrected chi connectivity index (χ0v) is 14.4. The average molecular weight is 325 g/mol. The molecule has 2 fully saturated rings. The molecule has 2 saturated heterocycles. The van der Waals surface area contributed by atoms with Crippen LogP contribution in [0.15, 0.2) is 12.1 Å². The fourth-order valence-corrected chi connectivity index (χ4v) is 4.04. The lowest BCUT2D eigenvalue weighted by Gasteiger charge is -2.42. The van der Waals surface area contributed by atoms with Crippen LogP contribution in [0, 0.1) is 0 Å². The highest BCUT2D eigenvalue weighted by Crippen LogP contribution is 2.36. The summed E-state index contributed by atoms with van der Waals surface area (Å²) in [5, 5.41) is 0.694. The Kier molecular flexibility index (Phi) is 4.81. The maximum Gasteiger partial charge on any atom is 0.165 e. The molecule has 2 heterocycles. The second-order valence-corrected chi connectivity index (χ2v) is 6.81. The third kappa shape index (κ3) is 3.05. The van der Waals surface area contributed by atoms with E-state index in [4.69, 9.17) is 21.1 Å². The molecule has 2 atom stereocenters. The van der Waals surface area contributed by atoms with Crippen molar-refractivity contribution in [3.63, 3.8) is 0 Å². The number of ether oxygens (including phenoxy) is 2. The molecule has 1 aromatic rings. The lowest BCUT2D eigenvalue weighted by molar-refractivity contribution is 0.0534. The quantitative estimate of drug-likeness (QED) is 0.850. The Labute approximate surface area is 137 Å². The molecule has 122 valence electrons. The smallest absolute Gasteiger partial charge is 0.165 e. The van der Waals surface area contributed by atoms with Crippen LogP contribution in [0.3, 0.4) is 0 Å². The fraction of sp³-hybridized carbons (Fsp3) is 0.647. The number of hydrogen-bond acceptors (Lipinski definition) is 4. The number of piperazine rings is 1. The number of fused-ring (bicyclic) bond motifs is 1. The van der Waals surface area contributed by atoms with E-state index in [1.54, 1.807) is 14.2 Å². The summed E-state index contributed by atoms with van der Waals surface area (Å²) in [4.78, 5) is 5.18. The van der Waals surface area contributed by atoms with Crippen LogP contribution in [-0.4, -0.2) is 55.7 Å². The SMILES string of the molecule is COc1cc(Cl)cc(CN2C[C@H]3CCCN3C[C@H]2C)c1OC. The van der Waals surface area contributed by atoms with Gasteiger partial charge in [0.25, 0.3) is 0 Å². The molecule has 4 nitrogen and oxygen atoms in total. The van der Waals surface area contributed by atoms with E-state index < -0.39 is 0 Å². The van der Waals surface area contributed by atoms with Crippen LogP contribution < -0.4 is 9.47 Å². The van der Waals surface area contributed by atoms with E-state index in [1.165, 1.54) is 19.4 Å². The van der Waals surface area contributed by atoms with Crippen LogP contribution in [0.4, 0.5) is 0 Å². The molecular weight excluding hydrogens is 300 g/mol. The minimum Gasteiger partial charge on any atom is -0.493 e. The van der Waals surface area contributed by atoms with E-state index in [0.29, 0.717) is 22.9 Å². The summed E-state index contributed by atoms with van der Waals surface area (Å²) in [7, 11) is 3.34. The molecule has 5 heteroatoms. The molecular formula is C17H25ClN2O2. The molecule has 0 bridgehead atoms. The van der Waals surface area contributed by atoms with Gasteiger partial charge in [0.2, 0.25) is 0 Å². The van der Waals surface area contributed by atoms with Crippen LogP contribution in [0.2, 0.25) is 5.02 Å². The molecule has 0 saturated carbocycles. The lowest BCUT2D eigenvalue weighted by Crippen LogP contribution is -2.54. The molecule has 0 spiro atoms. The monoisotopic (exact) mass is 324 g/mol. The van der Waals surface area contributed by atoms with Crippen molar-refractivity contribution in [2.45, 2.75) is 38.4 Å². The van der Waals surface area contributed by atoms with Gasteiger partial charge < -0.3 is 9.47 Å². The molecule has 2 aliphatic heterocycles. The van der Waals surface area contributed by atoms with Crippen molar-refractivity contribution in [3.8, 4) is 11.5 Å². The van der Waals surface area contributed by atoms with E-state index in [-0.39, 0.29) is 0 Å². The van der Waals surface area contributed by atoms with E-state index in [1.807, 2.05) is 12.1 Å². The van der Waals surface area contributed by atoms with Crippen LogP contribution in [0.1, 0.15) is 25.3 Å². The Hall–Kier alpha value is -0.970. The van der Waals surface area contributed by atoms with Gasteiger partial charge in [0.05, 0.1) is 14.2 Å². The first-order chi connectivity index (χ1) is 10.6. The second kappa shape index (κ2) is 6.65. The normalized spacial score (nSPS) is 26.0. The molecule has 0 amide bonds. The third-order valence-electron chi connectivity index (χ3n) is 4.96. The highest BCUT2D eigenvalue weighted by atomic mass is 35.5. The largest absolute Gasteiger partial charge is 0.493 e. The lowest BCUT2D eigenvalue weighted by atomic mass is 10.1. The van der Waals surface area contributed by atoms with Gasteiger partial charge in [-0.25, -0.2) is 0 Å². The number of benzene rings is 1. The van der Waals surface area contributed by atoms with Crippen molar-refractivity contribution >= 4 is 11.6 Å². The third-order valence-corrected chi connectivity index (χ3v) is 5.18. The summed E-state index contributed by atoms with van der Waals surface area (Å²) in [6.07, 6.45) is 2.65. The van der Waals surface area contributed by atoms with Crippen molar-refractivity contribution in [2.75, 3.05) is 33.9 Å². The Bertz CT molecular complexity index is 538. The van der Waals surface area contributed by atoms with Gasteiger partial charge in [-0.2, -0.15) is 0 Å². The van der Waals surface area contributed by atoms with Crippen LogP contribution in [0.5, 0.6) is 11.5 Å². The summed E-state index contributed by atoms with van der Waals surface area (Å²) in [5.41, 5.74) is 1.10. The predicted molar refractivity (Wildman–Crippen MR) is 89.0 cm³/mol. The second-order valence-electron chi connectivity index (χ2n) is 6.37. The van der Waals surface area contributed by atoms with Crippen molar-refractivity contribution in [1.29, 1.82) is 0 Å². The summed E-state index contributed by atoms with van der Waals surface area (Å²) >= 11 is 6.24. The molecule has 0 unspecified atom stereocenters. The molecule has 1 aromatic carbocycles. The molecule has 3 rings (SSSR count). The molecule has 22 heavy (non-hydrogen) atoms. The number of rotatable bonds is 4. The highest BCUT2D eigenvalue weighted by Gasteiger charge is 2.34. The maximum absolute atomic E-state index is 6.24. The molecule has 2 aliphatic rings. The van der Waals surface area contributed by atoms with Crippen LogP contribution in [-0.2, 0) is 6.54 Å². The van der Waals surface area contributed by atoms with E-state index in [9.17, 15) is 0 Å². The minimum atomic E-state index is 0.545. The summed E-state index contributed by atoms with van der Waals surface area (Å²) in [6, 6.07) is 5.06. The Morgan fingerprint density at radius 2 is 2.05 bits per heavy atom. The summed E-state index contributed by atoms with van der Waals surface area (Å²) < 4.78 is 11.0. The minimum absolute atomic E-state index is 0.545. The summed E-state index contributed by atoms with van der Waals surface area (Å²) in [6.45, 7) is 6.70. The zero-order valence-electron chi connectivity index (χ0n) is 13.6. The maximum atomic E-state index is 6.24. The first-order valence-electron chi connectivity index (χ1n) is 8.01. The molecule has 0 aromatic heterocycles. The van der Waals surface area contributed by atoms with Gasteiger partial charge in [0.15, 0.2) is 11.5 Å². The Balaban J connectivity index is 1.81. The van der Waals surface area contributed by atoms with Crippen molar-refractivity contribution < 1.29 is 9.47 Å². The van der Waals surface area contributed by atoms with Gasteiger partial charge in [-0.05, 0) is 32.4 Å². The van der Waals surface area contributed by atoms with Crippen molar-refractivity contribution in [3.05, 3.63) is 22.7 Å². The van der Waals surface area contributed by atoms with Gasteiger partial charge in [0, 0.05) is 48.4 Å². The van der Waals surface area contributed by atoms with Crippen molar-refractivity contribution in [1.82, 2.24) is 9.80 Å². The number of halogens is 1. The first kappa shape index (κ1) is 15.9. The fourth-order valence-electron chi connectivity index (χ4n) is 3.81. The highest BCUT2D eigenvalue weighted by molar-refractivity contribution is 6.30. The van der Waals surface area contributed by atoms with E-state index in [0.717, 1.165) is 30.9 Å². The van der Waals surface area contributed by atoms with Gasteiger partial charge in [-0.3, -0.25) is 9.80 Å². The van der Waals surface area contributed by atoms with E-state index in [2.05, 4.69) is 16.7 Å². The molecule has 0 radical (unpaired) electrons. The first-order valence-corrected chi connectivity index (χ1v) is 8.38. The number of methoxy groups -OCH3 is 2. The van der Waals surface area contributed by atoms with Crippen LogP contribution >= 0.6 is 11.6 Å². The number of nitrogens with zero attached hydrogens (tertiary/aromatic N) is 2. The average Bonchev–Trinajstić information content (AvgIpc) is 2.94. The molecule has 0 N–H and O–H groups in total. The van der Waals surface area contributed by atoms with Gasteiger partial charge in [-0.15, -0.1) is 0 Å². The predicted octanol–water partition coefficient (Wildman–Crippen LogP) is 3.03. The Morgan fingerprint density at radius 3 is 2.77 bits per heavy atom. The topological polar surface area (TPSA) is 24.9 Å². The van der Waals surface area contributed by atoms with Gasteiger partial charge >= 0.3 is 0 Å². The Morgan fingerprint density at radius 1 is 1.23 bits per heavy atom. The van der Waals surface area contributed by atoms with Crippen molar-refractivity contribution in [2.24, 2.45) is 0 Å². The van der Waals surface area contributed by atoms with E-state index >= 15 is 0 Å². The standard InChI is InChI=1S/C17H25ClN2O2/c1-12-9-19-6-4-5-15(19)11-20(12)10-13-7-14(18)8-16(21-2)17(13)22-3/h7-8,12,15H,4-6,9-11H2,1-3H3/t12-,15-/m1/s1. The van der Waals surface area contributed by atoms with Gasteiger partial charge in [-0.1, -0.05) is 11.6 Å². The van der Waals surface area contributed by atoms with Crippen LogP contribution in [0.25, 0.3) is 0 Å². The summed E-state index contributed by atoms with van der Waals surface area (Å²) in [5.74, 6) is 1.50. The zero-order chi connectivity index (χ0) is 15.7. The van der Waals surface area contributed by atoms with Gasteiger partial charge in [0.1, 0.15) is 0 Å². The number of hydrogen-bond donors (Lipinski definition) is 0.